The van der Waals surface area contributed by atoms with Crippen molar-refractivity contribution in [2.45, 2.75) is 0 Å². The highest BCUT2D eigenvalue weighted by Crippen LogP contribution is 2.38. The lowest BCUT2D eigenvalue weighted by Crippen LogP contribution is -2.26. The molecule has 0 spiro atoms. The summed E-state index contributed by atoms with van der Waals surface area (Å²) in [6, 6.07) is 19.4. The van der Waals surface area contributed by atoms with Gasteiger partial charge in [0.25, 0.3) is 11.5 Å². The molecule has 4 aromatic rings. The van der Waals surface area contributed by atoms with Crippen LogP contribution in [0.2, 0.25) is 0 Å². The van der Waals surface area contributed by atoms with E-state index in [9.17, 15) is 9.59 Å². The molecule has 0 aliphatic carbocycles. The zero-order valence-corrected chi connectivity index (χ0v) is 17.8. The van der Waals surface area contributed by atoms with Crippen molar-refractivity contribution in [3.05, 3.63) is 87.3 Å². The summed E-state index contributed by atoms with van der Waals surface area (Å²) >= 11 is 3.46. The molecule has 0 saturated carbocycles. The van der Waals surface area contributed by atoms with Crippen LogP contribution in [0, 0.1) is 0 Å². The zero-order valence-electron chi connectivity index (χ0n) is 16.2. The molecule has 0 saturated heterocycles. The lowest BCUT2D eigenvalue weighted by molar-refractivity contribution is 0.102. The average Bonchev–Trinajstić information content (AvgIpc) is 2.80. The SMILES string of the molecule is O=C(Nc1cc2c(cc1Br)OCCO2)c1nn(-c2ccccc2)c(=O)c2ccccc12. The van der Waals surface area contributed by atoms with Crippen LogP contribution in [0.1, 0.15) is 10.5 Å². The van der Waals surface area contributed by atoms with Gasteiger partial charge in [-0.25, -0.2) is 0 Å². The molecule has 8 heteroatoms. The number of para-hydroxylation sites is 1. The van der Waals surface area contributed by atoms with Gasteiger partial charge in [-0.05, 0) is 34.1 Å². The summed E-state index contributed by atoms with van der Waals surface area (Å²) in [5.74, 6) is 0.715. The number of anilines is 1. The molecule has 5 rings (SSSR count). The van der Waals surface area contributed by atoms with E-state index in [4.69, 9.17) is 9.47 Å². The Morgan fingerprint density at radius 2 is 1.58 bits per heavy atom. The van der Waals surface area contributed by atoms with Crippen LogP contribution in [0.5, 0.6) is 11.5 Å². The number of halogens is 1. The Balaban J connectivity index is 1.61. The Bertz CT molecular complexity index is 1370. The lowest BCUT2D eigenvalue weighted by atomic mass is 10.1. The molecule has 1 aliphatic heterocycles. The van der Waals surface area contributed by atoms with Gasteiger partial charge in [0, 0.05) is 22.0 Å². The van der Waals surface area contributed by atoms with Gasteiger partial charge in [0.05, 0.1) is 16.8 Å². The number of hydrogen-bond donors (Lipinski definition) is 1. The van der Waals surface area contributed by atoms with E-state index in [2.05, 4.69) is 26.3 Å². The normalized spacial score (nSPS) is 12.5. The largest absolute Gasteiger partial charge is 0.486 e. The molecule has 154 valence electrons. The van der Waals surface area contributed by atoms with Gasteiger partial charge in [-0.1, -0.05) is 36.4 Å². The molecule has 0 atom stereocenters. The Morgan fingerprint density at radius 3 is 2.32 bits per heavy atom. The Hall–Kier alpha value is -3.65. The van der Waals surface area contributed by atoms with Crippen molar-refractivity contribution in [1.82, 2.24) is 9.78 Å². The summed E-state index contributed by atoms with van der Waals surface area (Å²) in [4.78, 5) is 26.3. The molecule has 1 N–H and O–H groups in total. The second-order valence-corrected chi connectivity index (χ2v) is 7.73. The first kappa shape index (κ1) is 19.3. The third kappa shape index (κ3) is 3.55. The second kappa shape index (κ2) is 7.88. The molecule has 0 fully saturated rings. The smallest absolute Gasteiger partial charge is 0.279 e. The van der Waals surface area contributed by atoms with Crippen molar-refractivity contribution >= 4 is 38.3 Å². The summed E-state index contributed by atoms with van der Waals surface area (Å²) in [5.41, 5.74) is 0.935. The van der Waals surface area contributed by atoms with Crippen LogP contribution in [0.15, 0.2) is 76.0 Å². The molecule has 1 amide bonds. The number of aromatic nitrogens is 2. The molecule has 7 nitrogen and oxygen atoms in total. The number of carbonyl (C=O) groups is 1. The van der Waals surface area contributed by atoms with Crippen molar-refractivity contribution in [3.63, 3.8) is 0 Å². The number of hydrogen-bond acceptors (Lipinski definition) is 5. The molecule has 1 aromatic heterocycles. The summed E-state index contributed by atoms with van der Waals surface area (Å²) in [5, 5.41) is 8.16. The monoisotopic (exact) mass is 477 g/mol. The number of carbonyl (C=O) groups excluding carboxylic acids is 1. The van der Waals surface area contributed by atoms with Crippen molar-refractivity contribution in [1.29, 1.82) is 0 Å². The van der Waals surface area contributed by atoms with Gasteiger partial charge in [0.1, 0.15) is 13.2 Å². The Kier molecular flexibility index (Phi) is 4.91. The molecule has 1 aliphatic rings. The zero-order chi connectivity index (χ0) is 21.4. The number of nitrogens with one attached hydrogen (secondary N) is 1. The number of amides is 1. The molecule has 2 heterocycles. The topological polar surface area (TPSA) is 82.4 Å². The quantitative estimate of drug-likeness (QED) is 0.478. The minimum atomic E-state index is -0.446. The predicted octanol–water partition coefficient (Wildman–Crippen LogP) is 4.17. The van der Waals surface area contributed by atoms with Crippen LogP contribution in [0.3, 0.4) is 0 Å². The van der Waals surface area contributed by atoms with Crippen molar-refractivity contribution < 1.29 is 14.3 Å². The number of nitrogens with zero attached hydrogens (tertiary/aromatic N) is 2. The number of ether oxygens (including phenoxy) is 2. The van der Waals surface area contributed by atoms with E-state index in [0.29, 0.717) is 51.3 Å². The van der Waals surface area contributed by atoms with Crippen LogP contribution < -0.4 is 20.3 Å². The highest BCUT2D eigenvalue weighted by Gasteiger charge is 2.20. The van der Waals surface area contributed by atoms with Gasteiger partial charge in [0.15, 0.2) is 17.2 Å². The minimum absolute atomic E-state index is 0.140. The number of benzene rings is 3. The third-order valence-corrected chi connectivity index (χ3v) is 5.56. The first-order chi connectivity index (χ1) is 15.1. The molecular weight excluding hydrogens is 462 g/mol. The number of rotatable bonds is 3. The molecular formula is C23H16BrN3O4. The van der Waals surface area contributed by atoms with Crippen molar-refractivity contribution in [3.8, 4) is 17.2 Å². The first-order valence-corrected chi connectivity index (χ1v) is 10.4. The summed E-state index contributed by atoms with van der Waals surface area (Å²) < 4.78 is 13.1. The molecule has 0 radical (unpaired) electrons. The summed E-state index contributed by atoms with van der Waals surface area (Å²) in [7, 11) is 0. The van der Waals surface area contributed by atoms with Crippen molar-refractivity contribution in [2.75, 3.05) is 18.5 Å². The van der Waals surface area contributed by atoms with E-state index in [1.807, 2.05) is 18.2 Å². The van der Waals surface area contributed by atoms with E-state index >= 15 is 0 Å². The van der Waals surface area contributed by atoms with E-state index in [-0.39, 0.29) is 11.3 Å². The maximum atomic E-state index is 13.3. The molecule has 0 unspecified atom stereocenters. The summed E-state index contributed by atoms with van der Waals surface area (Å²) in [6.07, 6.45) is 0. The van der Waals surface area contributed by atoms with Crippen LogP contribution in [0.4, 0.5) is 5.69 Å². The standard InChI is InChI=1S/C23H16BrN3O4/c24-17-12-19-20(31-11-10-30-19)13-18(17)25-22(28)21-15-8-4-5-9-16(15)23(29)27(26-21)14-6-2-1-3-7-14/h1-9,12-13H,10-11H2,(H,25,28). The van der Waals surface area contributed by atoms with E-state index in [1.54, 1.807) is 48.5 Å². The van der Waals surface area contributed by atoms with Gasteiger partial charge in [0.2, 0.25) is 0 Å². The first-order valence-electron chi connectivity index (χ1n) is 9.60. The molecule has 31 heavy (non-hydrogen) atoms. The van der Waals surface area contributed by atoms with E-state index in [0.717, 1.165) is 0 Å². The van der Waals surface area contributed by atoms with Gasteiger partial charge in [-0.2, -0.15) is 9.78 Å². The average molecular weight is 478 g/mol. The summed E-state index contributed by atoms with van der Waals surface area (Å²) in [6.45, 7) is 0.915. The van der Waals surface area contributed by atoms with Gasteiger partial charge in [-0.3, -0.25) is 9.59 Å². The Labute approximate surface area is 185 Å². The highest BCUT2D eigenvalue weighted by molar-refractivity contribution is 9.10. The fraction of sp³-hybridized carbons (Fsp3) is 0.0870. The van der Waals surface area contributed by atoms with Gasteiger partial charge in [-0.15, -0.1) is 0 Å². The van der Waals surface area contributed by atoms with Crippen LogP contribution >= 0.6 is 15.9 Å². The maximum Gasteiger partial charge on any atom is 0.279 e. The molecule has 3 aromatic carbocycles. The minimum Gasteiger partial charge on any atom is -0.486 e. The van der Waals surface area contributed by atoms with Crippen LogP contribution in [0.25, 0.3) is 16.5 Å². The van der Waals surface area contributed by atoms with Crippen LogP contribution in [-0.4, -0.2) is 28.9 Å². The van der Waals surface area contributed by atoms with Crippen molar-refractivity contribution in [2.24, 2.45) is 0 Å². The predicted molar refractivity (Wildman–Crippen MR) is 120 cm³/mol. The van der Waals surface area contributed by atoms with E-state index < -0.39 is 5.91 Å². The van der Waals surface area contributed by atoms with Gasteiger partial charge >= 0.3 is 0 Å². The molecule has 0 bridgehead atoms. The third-order valence-electron chi connectivity index (χ3n) is 4.90. The van der Waals surface area contributed by atoms with Gasteiger partial charge < -0.3 is 14.8 Å². The van der Waals surface area contributed by atoms with Crippen LogP contribution in [-0.2, 0) is 0 Å². The second-order valence-electron chi connectivity index (χ2n) is 6.88. The maximum absolute atomic E-state index is 13.3. The lowest BCUT2D eigenvalue weighted by Gasteiger charge is -2.20. The fourth-order valence-corrected chi connectivity index (χ4v) is 3.86. The number of fused-ring (bicyclic) bond motifs is 2. The Morgan fingerprint density at radius 1 is 0.935 bits per heavy atom. The highest BCUT2D eigenvalue weighted by atomic mass is 79.9. The fourth-order valence-electron chi connectivity index (χ4n) is 3.44. The van der Waals surface area contributed by atoms with E-state index in [1.165, 1.54) is 4.68 Å².